The number of nitrogens with one attached hydrogen (secondary N) is 1. The van der Waals surface area contributed by atoms with Gasteiger partial charge in [-0.05, 0) is 23.9 Å². The molecule has 0 aliphatic carbocycles. The second kappa shape index (κ2) is 7.42. The monoisotopic (exact) mass is 339 g/mol. The molecular weight excluding hydrogens is 322 g/mol. The van der Waals surface area contributed by atoms with Gasteiger partial charge in [0.1, 0.15) is 9.46 Å². The Morgan fingerprint density at radius 2 is 1.95 bits per heavy atom. The zero-order valence-electron chi connectivity index (χ0n) is 12.1. The van der Waals surface area contributed by atoms with Gasteiger partial charge >= 0.3 is 6.09 Å². The molecule has 0 radical (unpaired) electrons. The molecule has 1 aromatic carbocycles. The number of thiophene rings is 1. The van der Waals surface area contributed by atoms with Crippen molar-refractivity contribution in [3.8, 4) is 0 Å². The van der Waals surface area contributed by atoms with E-state index < -0.39 is 21.2 Å². The fourth-order valence-corrected chi connectivity index (χ4v) is 4.87. The maximum atomic E-state index is 12.8. The summed E-state index contributed by atoms with van der Waals surface area (Å²) in [4.78, 5) is 11.5. The van der Waals surface area contributed by atoms with Crippen molar-refractivity contribution in [2.45, 2.75) is 16.4 Å². The van der Waals surface area contributed by atoms with Crippen LogP contribution in [-0.2, 0) is 14.6 Å². The molecule has 118 valence electrons. The first-order chi connectivity index (χ1) is 10.6. The molecule has 0 saturated heterocycles. The summed E-state index contributed by atoms with van der Waals surface area (Å²) in [6, 6.07) is 12.1. The normalized spacial score (nSPS) is 12.6. The average molecular weight is 339 g/mol. The third-order valence-corrected chi connectivity index (χ3v) is 6.56. The van der Waals surface area contributed by atoms with E-state index in [4.69, 9.17) is 4.74 Å². The topological polar surface area (TPSA) is 72.5 Å². The van der Waals surface area contributed by atoms with Crippen molar-refractivity contribution in [3.63, 3.8) is 0 Å². The number of benzene rings is 1. The Bertz CT molecular complexity index is 696. The Morgan fingerprint density at radius 3 is 2.55 bits per heavy atom. The van der Waals surface area contributed by atoms with E-state index in [0.29, 0.717) is 5.56 Å². The predicted molar refractivity (Wildman–Crippen MR) is 85.7 cm³/mol. The summed E-state index contributed by atoms with van der Waals surface area (Å²) in [6.07, 6.45) is -0.621. The molecule has 0 aliphatic heterocycles. The molecule has 2 aromatic rings. The molecule has 2 rings (SSSR count). The summed E-state index contributed by atoms with van der Waals surface area (Å²) in [5.41, 5.74) is 0.632. The minimum Gasteiger partial charge on any atom is -0.450 e. The minimum atomic E-state index is -3.57. The minimum absolute atomic E-state index is 0.0386. The lowest BCUT2D eigenvalue weighted by Crippen LogP contribution is -2.32. The molecule has 1 heterocycles. The van der Waals surface area contributed by atoms with E-state index in [2.05, 4.69) is 5.32 Å². The summed E-state index contributed by atoms with van der Waals surface area (Å²) in [5, 5.41) is 3.38. The van der Waals surface area contributed by atoms with Crippen LogP contribution in [0.3, 0.4) is 0 Å². The molecule has 7 heteroatoms. The number of hydrogen-bond acceptors (Lipinski definition) is 5. The number of sulfone groups is 1. The van der Waals surface area contributed by atoms with Gasteiger partial charge in [0, 0.05) is 6.54 Å². The highest BCUT2D eigenvalue weighted by Crippen LogP contribution is 2.31. The highest BCUT2D eigenvalue weighted by Gasteiger charge is 2.30. The molecule has 22 heavy (non-hydrogen) atoms. The molecule has 0 aliphatic rings. The van der Waals surface area contributed by atoms with E-state index in [-0.39, 0.29) is 17.4 Å². The molecule has 1 N–H and O–H groups in total. The highest BCUT2D eigenvalue weighted by atomic mass is 32.2. The number of rotatable bonds is 6. The van der Waals surface area contributed by atoms with Gasteiger partial charge in [-0.1, -0.05) is 36.4 Å². The Hall–Kier alpha value is -1.86. The van der Waals surface area contributed by atoms with Crippen LogP contribution >= 0.6 is 11.3 Å². The fraction of sp³-hybridized carbons (Fsp3) is 0.267. The summed E-state index contributed by atoms with van der Waals surface area (Å²) in [5.74, 6) is 0. The molecule has 0 fully saturated rings. The van der Waals surface area contributed by atoms with Crippen LogP contribution in [0.2, 0.25) is 0 Å². The van der Waals surface area contributed by atoms with Crippen LogP contribution in [-0.4, -0.2) is 27.7 Å². The molecule has 0 bridgehead atoms. The van der Waals surface area contributed by atoms with Gasteiger partial charge in [0.2, 0.25) is 0 Å². The molecule has 5 nitrogen and oxygen atoms in total. The summed E-state index contributed by atoms with van der Waals surface area (Å²) < 4.78 is 30.6. The van der Waals surface area contributed by atoms with Crippen LogP contribution in [0.5, 0.6) is 0 Å². The van der Waals surface area contributed by atoms with E-state index in [0.717, 1.165) is 0 Å². The van der Waals surface area contributed by atoms with Gasteiger partial charge in [-0.25, -0.2) is 13.2 Å². The molecule has 1 atom stereocenters. The van der Waals surface area contributed by atoms with Gasteiger partial charge in [-0.3, -0.25) is 0 Å². The second-order valence-electron chi connectivity index (χ2n) is 4.48. The number of carbonyl (C=O) groups excluding carboxylic acids is 1. The summed E-state index contributed by atoms with van der Waals surface area (Å²) in [6.45, 7) is 1.89. The second-order valence-corrected chi connectivity index (χ2v) is 7.78. The van der Waals surface area contributed by atoms with Gasteiger partial charge in [0.25, 0.3) is 0 Å². The average Bonchev–Trinajstić information content (AvgIpc) is 3.03. The smallest absolute Gasteiger partial charge is 0.407 e. The first-order valence-electron chi connectivity index (χ1n) is 6.78. The highest BCUT2D eigenvalue weighted by molar-refractivity contribution is 7.93. The third-order valence-electron chi connectivity index (χ3n) is 3.03. The van der Waals surface area contributed by atoms with E-state index in [9.17, 15) is 13.2 Å². The molecule has 1 unspecified atom stereocenters. The molecule has 0 spiro atoms. The van der Waals surface area contributed by atoms with Crippen LogP contribution in [0.4, 0.5) is 4.79 Å². The van der Waals surface area contributed by atoms with Crippen LogP contribution in [0, 0.1) is 0 Å². The van der Waals surface area contributed by atoms with E-state index in [1.54, 1.807) is 48.7 Å². The van der Waals surface area contributed by atoms with Crippen LogP contribution in [0.1, 0.15) is 17.7 Å². The number of ether oxygens (including phenoxy) is 1. The lowest BCUT2D eigenvalue weighted by Gasteiger charge is -2.17. The van der Waals surface area contributed by atoms with Gasteiger partial charge in [0.15, 0.2) is 9.84 Å². The van der Waals surface area contributed by atoms with Crippen LogP contribution in [0.15, 0.2) is 52.1 Å². The van der Waals surface area contributed by atoms with E-state index >= 15 is 0 Å². The maximum absolute atomic E-state index is 12.8. The largest absolute Gasteiger partial charge is 0.450 e. The molecular formula is C15H17NO4S2. The van der Waals surface area contributed by atoms with Gasteiger partial charge in [0.05, 0.1) is 6.61 Å². The zero-order chi connectivity index (χ0) is 16.0. The van der Waals surface area contributed by atoms with Crippen molar-refractivity contribution in [1.29, 1.82) is 0 Å². The van der Waals surface area contributed by atoms with Crippen molar-refractivity contribution < 1.29 is 17.9 Å². The molecule has 1 aromatic heterocycles. The van der Waals surface area contributed by atoms with Crippen molar-refractivity contribution in [1.82, 2.24) is 5.32 Å². The number of alkyl carbamates (subject to hydrolysis) is 1. The Balaban J connectivity index is 2.28. The lowest BCUT2D eigenvalue weighted by molar-refractivity contribution is 0.152. The molecule has 1 amide bonds. The quantitative estimate of drug-likeness (QED) is 0.878. The van der Waals surface area contributed by atoms with Crippen molar-refractivity contribution in [2.24, 2.45) is 0 Å². The van der Waals surface area contributed by atoms with Crippen LogP contribution in [0.25, 0.3) is 0 Å². The number of amides is 1. The first-order valence-corrected chi connectivity index (χ1v) is 9.21. The molecule has 0 saturated carbocycles. The SMILES string of the molecule is CCOC(=O)NCC(c1ccccc1)S(=O)(=O)c1cccs1. The zero-order valence-corrected chi connectivity index (χ0v) is 13.7. The standard InChI is InChI=1S/C15H17NO4S2/c1-2-20-15(17)16-11-13(12-7-4-3-5-8-12)22(18,19)14-9-6-10-21-14/h3-10,13H,2,11H2,1H3,(H,16,17). The summed E-state index contributed by atoms with van der Waals surface area (Å²) in [7, 11) is -3.57. The van der Waals surface area contributed by atoms with Gasteiger partial charge in [-0.2, -0.15) is 0 Å². The maximum Gasteiger partial charge on any atom is 0.407 e. The first kappa shape index (κ1) is 16.5. The Kier molecular flexibility index (Phi) is 5.57. The Morgan fingerprint density at radius 1 is 1.23 bits per heavy atom. The predicted octanol–water partition coefficient (Wildman–Crippen LogP) is 3.01. The van der Waals surface area contributed by atoms with E-state index in [1.807, 2.05) is 6.07 Å². The van der Waals surface area contributed by atoms with Crippen molar-refractivity contribution in [3.05, 3.63) is 53.4 Å². The van der Waals surface area contributed by atoms with Crippen molar-refractivity contribution >= 4 is 27.3 Å². The van der Waals surface area contributed by atoms with Crippen LogP contribution < -0.4 is 5.32 Å². The van der Waals surface area contributed by atoms with E-state index in [1.165, 1.54) is 11.3 Å². The number of hydrogen-bond donors (Lipinski definition) is 1. The number of carbonyl (C=O) groups is 1. The summed E-state index contributed by atoms with van der Waals surface area (Å²) >= 11 is 1.17. The van der Waals surface area contributed by atoms with Gasteiger partial charge < -0.3 is 10.1 Å². The lowest BCUT2D eigenvalue weighted by atomic mass is 10.1. The third kappa shape index (κ3) is 3.86. The van der Waals surface area contributed by atoms with Gasteiger partial charge in [-0.15, -0.1) is 11.3 Å². The Labute approximate surface area is 133 Å². The van der Waals surface area contributed by atoms with Crippen molar-refractivity contribution in [2.75, 3.05) is 13.2 Å². The fourth-order valence-electron chi connectivity index (χ4n) is 2.00.